The Hall–Kier alpha value is -1.78. The molecule has 0 unspecified atom stereocenters. The van der Waals surface area contributed by atoms with Gasteiger partial charge >= 0.3 is 0 Å². The van der Waals surface area contributed by atoms with Gasteiger partial charge < -0.3 is 14.4 Å². The first-order valence-electron chi connectivity index (χ1n) is 8.82. The number of piperazine rings is 1. The lowest BCUT2D eigenvalue weighted by Gasteiger charge is -2.35. The molecule has 2 amide bonds. The minimum atomic E-state index is 0.128. The maximum Gasteiger partial charge on any atom is 0.255 e. The standard InChI is InChI=1S/C18H25N3O2/c1-12-11-16(13(2)21(12)15-5-6-15)18(23)20-9-7-19(8-10-20)17(22)14-3-4-14/h11,14-15H,3-10H2,1-2H3. The van der Waals surface area contributed by atoms with Crippen LogP contribution in [0.25, 0.3) is 0 Å². The van der Waals surface area contributed by atoms with E-state index in [0.717, 1.165) is 24.1 Å². The van der Waals surface area contributed by atoms with Crippen LogP contribution in [-0.4, -0.2) is 52.4 Å². The van der Waals surface area contributed by atoms with Crippen LogP contribution in [0.1, 0.15) is 53.5 Å². The van der Waals surface area contributed by atoms with Gasteiger partial charge in [-0.05, 0) is 45.6 Å². The highest BCUT2D eigenvalue weighted by atomic mass is 16.2. The quantitative estimate of drug-likeness (QED) is 0.858. The fourth-order valence-electron chi connectivity index (χ4n) is 3.78. The van der Waals surface area contributed by atoms with Crippen LogP contribution < -0.4 is 0 Å². The van der Waals surface area contributed by atoms with Gasteiger partial charge in [-0.2, -0.15) is 0 Å². The molecule has 0 bridgehead atoms. The second kappa shape index (κ2) is 5.39. The van der Waals surface area contributed by atoms with Crippen LogP contribution in [0.2, 0.25) is 0 Å². The van der Waals surface area contributed by atoms with E-state index in [1.807, 2.05) is 15.9 Å². The number of nitrogens with zero attached hydrogens (tertiary/aromatic N) is 3. The predicted octanol–water partition coefficient (Wildman–Crippen LogP) is 2.13. The molecule has 23 heavy (non-hydrogen) atoms. The van der Waals surface area contributed by atoms with Crippen LogP contribution >= 0.6 is 0 Å². The van der Waals surface area contributed by atoms with Gasteiger partial charge in [0.1, 0.15) is 0 Å². The molecule has 0 radical (unpaired) electrons. The molecule has 4 rings (SSSR count). The molecular formula is C18H25N3O2. The second-order valence-corrected chi connectivity index (χ2v) is 7.28. The average molecular weight is 315 g/mol. The lowest BCUT2D eigenvalue weighted by atomic mass is 10.2. The first-order chi connectivity index (χ1) is 11.1. The van der Waals surface area contributed by atoms with E-state index in [1.54, 1.807) is 0 Å². The summed E-state index contributed by atoms with van der Waals surface area (Å²) < 4.78 is 2.32. The zero-order valence-electron chi connectivity index (χ0n) is 14.0. The summed E-state index contributed by atoms with van der Waals surface area (Å²) in [6.45, 7) is 6.83. The average Bonchev–Trinajstić information content (AvgIpc) is 3.45. The first-order valence-corrected chi connectivity index (χ1v) is 8.82. The van der Waals surface area contributed by atoms with E-state index in [0.29, 0.717) is 38.1 Å². The summed E-state index contributed by atoms with van der Waals surface area (Å²) in [5.41, 5.74) is 3.14. The van der Waals surface area contributed by atoms with Gasteiger partial charge in [0.25, 0.3) is 5.91 Å². The van der Waals surface area contributed by atoms with Crippen molar-refractivity contribution < 1.29 is 9.59 Å². The molecular weight excluding hydrogens is 290 g/mol. The van der Waals surface area contributed by atoms with E-state index in [2.05, 4.69) is 18.4 Å². The minimum absolute atomic E-state index is 0.128. The topological polar surface area (TPSA) is 45.6 Å². The van der Waals surface area contributed by atoms with Crippen LogP contribution in [0.5, 0.6) is 0 Å². The third-order valence-corrected chi connectivity index (χ3v) is 5.43. The van der Waals surface area contributed by atoms with Crippen molar-refractivity contribution in [2.24, 2.45) is 5.92 Å². The van der Waals surface area contributed by atoms with Gasteiger partial charge in [-0.3, -0.25) is 9.59 Å². The third kappa shape index (κ3) is 2.66. The van der Waals surface area contributed by atoms with Crippen molar-refractivity contribution in [3.8, 4) is 0 Å². The van der Waals surface area contributed by atoms with Gasteiger partial charge in [-0.25, -0.2) is 0 Å². The van der Waals surface area contributed by atoms with Crippen molar-refractivity contribution >= 4 is 11.8 Å². The monoisotopic (exact) mass is 315 g/mol. The van der Waals surface area contributed by atoms with Gasteiger partial charge in [0.15, 0.2) is 0 Å². The number of hydrogen-bond donors (Lipinski definition) is 0. The van der Waals surface area contributed by atoms with E-state index in [9.17, 15) is 9.59 Å². The van der Waals surface area contributed by atoms with Gasteiger partial charge in [0.05, 0.1) is 5.56 Å². The molecule has 5 nitrogen and oxygen atoms in total. The highest BCUT2D eigenvalue weighted by Gasteiger charge is 2.36. The third-order valence-electron chi connectivity index (χ3n) is 5.43. The molecule has 2 heterocycles. The summed E-state index contributed by atoms with van der Waals surface area (Å²) in [6, 6.07) is 2.64. The van der Waals surface area contributed by atoms with E-state index >= 15 is 0 Å². The Bertz CT molecular complexity index is 647. The Labute approximate surface area is 137 Å². The van der Waals surface area contributed by atoms with Crippen LogP contribution in [0.4, 0.5) is 0 Å². The summed E-state index contributed by atoms with van der Waals surface area (Å²) in [5, 5.41) is 0. The van der Waals surface area contributed by atoms with E-state index in [4.69, 9.17) is 0 Å². The smallest absolute Gasteiger partial charge is 0.255 e. The first kappa shape index (κ1) is 14.8. The van der Waals surface area contributed by atoms with Gasteiger partial charge in [-0.15, -0.1) is 0 Å². The second-order valence-electron chi connectivity index (χ2n) is 7.28. The van der Waals surface area contributed by atoms with Crippen molar-refractivity contribution in [3.05, 3.63) is 23.0 Å². The number of aromatic nitrogens is 1. The Morgan fingerprint density at radius 2 is 1.57 bits per heavy atom. The van der Waals surface area contributed by atoms with Crippen LogP contribution in [0.15, 0.2) is 6.07 Å². The fraction of sp³-hybridized carbons (Fsp3) is 0.667. The van der Waals surface area contributed by atoms with Crippen LogP contribution in [0.3, 0.4) is 0 Å². The summed E-state index contributed by atoms with van der Waals surface area (Å²) >= 11 is 0. The van der Waals surface area contributed by atoms with E-state index < -0.39 is 0 Å². The molecule has 3 fully saturated rings. The number of hydrogen-bond acceptors (Lipinski definition) is 2. The molecule has 0 spiro atoms. The Kier molecular flexibility index (Phi) is 3.47. The Balaban J connectivity index is 1.44. The van der Waals surface area contributed by atoms with Crippen molar-refractivity contribution in [2.45, 2.75) is 45.6 Å². The lowest BCUT2D eigenvalue weighted by Crippen LogP contribution is -2.51. The Morgan fingerprint density at radius 1 is 0.957 bits per heavy atom. The molecule has 124 valence electrons. The summed E-state index contributed by atoms with van der Waals surface area (Å²) in [5.74, 6) is 0.697. The minimum Gasteiger partial charge on any atom is -0.345 e. The normalized spacial score (nSPS) is 21.7. The highest BCUT2D eigenvalue weighted by Crippen LogP contribution is 2.38. The lowest BCUT2D eigenvalue weighted by molar-refractivity contribution is -0.134. The zero-order chi connectivity index (χ0) is 16.1. The molecule has 2 aliphatic carbocycles. The molecule has 0 N–H and O–H groups in total. The highest BCUT2D eigenvalue weighted by molar-refractivity contribution is 5.96. The fourth-order valence-corrected chi connectivity index (χ4v) is 3.78. The van der Waals surface area contributed by atoms with E-state index in [-0.39, 0.29) is 11.8 Å². The number of aryl methyl sites for hydroxylation is 1. The number of amides is 2. The SMILES string of the molecule is Cc1cc(C(=O)N2CCN(C(=O)C3CC3)CC2)c(C)n1C1CC1. The summed E-state index contributed by atoms with van der Waals surface area (Å²) in [6.07, 6.45) is 4.55. The summed E-state index contributed by atoms with van der Waals surface area (Å²) in [7, 11) is 0. The predicted molar refractivity (Wildman–Crippen MR) is 87.4 cm³/mol. The van der Waals surface area contributed by atoms with Crippen LogP contribution in [0, 0.1) is 19.8 Å². The molecule has 1 aliphatic heterocycles. The summed E-state index contributed by atoms with van der Waals surface area (Å²) in [4.78, 5) is 28.8. The zero-order valence-corrected chi connectivity index (χ0v) is 14.0. The van der Waals surface area contributed by atoms with Crippen molar-refractivity contribution in [1.82, 2.24) is 14.4 Å². The van der Waals surface area contributed by atoms with Crippen LogP contribution in [-0.2, 0) is 4.79 Å². The molecule has 3 aliphatic rings. The molecule has 1 saturated heterocycles. The van der Waals surface area contributed by atoms with Crippen molar-refractivity contribution in [1.29, 1.82) is 0 Å². The molecule has 2 saturated carbocycles. The molecule has 1 aromatic heterocycles. The molecule has 0 aromatic carbocycles. The maximum absolute atomic E-state index is 12.9. The number of rotatable bonds is 3. The largest absolute Gasteiger partial charge is 0.345 e. The molecule has 1 aromatic rings. The Morgan fingerprint density at radius 3 is 2.13 bits per heavy atom. The number of carbonyl (C=O) groups excluding carboxylic acids is 2. The van der Waals surface area contributed by atoms with Crippen molar-refractivity contribution in [2.75, 3.05) is 26.2 Å². The van der Waals surface area contributed by atoms with Gasteiger partial charge in [0, 0.05) is 49.5 Å². The molecule has 5 heteroatoms. The maximum atomic E-state index is 12.9. The number of carbonyl (C=O) groups is 2. The van der Waals surface area contributed by atoms with Gasteiger partial charge in [-0.1, -0.05) is 0 Å². The van der Waals surface area contributed by atoms with Gasteiger partial charge in [0.2, 0.25) is 5.91 Å². The van der Waals surface area contributed by atoms with E-state index in [1.165, 1.54) is 18.5 Å². The molecule has 0 atom stereocenters. The van der Waals surface area contributed by atoms with Crippen molar-refractivity contribution in [3.63, 3.8) is 0 Å².